The second kappa shape index (κ2) is 10.4. The van der Waals surface area contributed by atoms with E-state index in [1.54, 1.807) is 30.3 Å². The van der Waals surface area contributed by atoms with Gasteiger partial charge in [0.05, 0.1) is 17.6 Å². The molecule has 0 saturated carbocycles. The molecular weight excluding hydrogens is 375 g/mol. The van der Waals surface area contributed by atoms with Crippen molar-refractivity contribution in [3.8, 4) is 11.3 Å². The number of carbonyl (C=O) groups is 1. The van der Waals surface area contributed by atoms with Gasteiger partial charge in [-0.15, -0.1) is 0 Å². The molecule has 148 valence electrons. The summed E-state index contributed by atoms with van der Waals surface area (Å²) in [5.41, 5.74) is 1.04. The molecule has 0 fully saturated rings. The summed E-state index contributed by atoms with van der Waals surface area (Å²) >= 11 is 1.02. The highest BCUT2D eigenvalue weighted by molar-refractivity contribution is 7.99. The summed E-state index contributed by atoms with van der Waals surface area (Å²) in [5, 5.41) is 2.99. The highest BCUT2D eigenvalue weighted by atomic mass is 32.2. The number of alkyl halides is 3. The quantitative estimate of drug-likeness (QED) is 0.457. The van der Waals surface area contributed by atoms with E-state index in [9.17, 15) is 18.0 Å². The van der Waals surface area contributed by atoms with Crippen LogP contribution in [0.2, 0.25) is 0 Å². The molecule has 2 aromatic rings. The molecule has 1 N–H and O–H groups in total. The molecule has 1 aromatic carbocycles. The van der Waals surface area contributed by atoms with Gasteiger partial charge >= 0.3 is 6.18 Å². The summed E-state index contributed by atoms with van der Waals surface area (Å²) in [6.07, 6.45) is 1.26. The Morgan fingerprint density at radius 1 is 1.19 bits per heavy atom. The minimum Gasteiger partial charge on any atom is -0.355 e. The first kappa shape index (κ1) is 21.3. The molecular formula is C19H24F3N3OS. The maximum atomic E-state index is 13.0. The van der Waals surface area contributed by atoms with Crippen LogP contribution in [0.5, 0.6) is 0 Å². The standard InChI is InChI=1S/C19H24F3N3OS/c1-2-3-4-8-11-23-17(26)13-27-18-24-12-16(15-9-6-5-7-10-15)25(18)14-19(20,21)22/h5-7,9-10,12H,2-4,8,11,13-14H2,1H3,(H,23,26). The van der Waals surface area contributed by atoms with Crippen LogP contribution in [0.25, 0.3) is 11.3 Å². The van der Waals surface area contributed by atoms with Gasteiger partial charge in [-0.1, -0.05) is 68.3 Å². The van der Waals surface area contributed by atoms with Crippen LogP contribution in [0.4, 0.5) is 13.2 Å². The summed E-state index contributed by atoms with van der Waals surface area (Å²) in [6, 6.07) is 8.80. The summed E-state index contributed by atoms with van der Waals surface area (Å²) in [6.45, 7) is 1.56. The lowest BCUT2D eigenvalue weighted by atomic mass is 10.2. The van der Waals surface area contributed by atoms with Gasteiger partial charge in [0, 0.05) is 6.54 Å². The Kier molecular flexibility index (Phi) is 8.22. The first-order valence-corrected chi connectivity index (χ1v) is 9.96. The highest BCUT2D eigenvalue weighted by Crippen LogP contribution is 2.29. The smallest absolute Gasteiger partial charge is 0.355 e. The SMILES string of the molecule is CCCCCCNC(=O)CSc1ncc(-c2ccccc2)n1CC(F)(F)F. The molecule has 0 aliphatic rings. The Morgan fingerprint density at radius 2 is 1.93 bits per heavy atom. The molecule has 4 nitrogen and oxygen atoms in total. The van der Waals surface area contributed by atoms with Crippen LogP contribution in [0.1, 0.15) is 32.6 Å². The zero-order valence-electron chi connectivity index (χ0n) is 15.3. The van der Waals surface area contributed by atoms with Gasteiger partial charge in [0.2, 0.25) is 5.91 Å². The third-order valence-corrected chi connectivity index (χ3v) is 4.90. The molecule has 8 heteroatoms. The fourth-order valence-electron chi connectivity index (χ4n) is 2.61. The average Bonchev–Trinajstić information content (AvgIpc) is 3.01. The van der Waals surface area contributed by atoms with Gasteiger partial charge in [-0.2, -0.15) is 13.2 Å². The predicted molar refractivity (Wildman–Crippen MR) is 102 cm³/mol. The van der Waals surface area contributed by atoms with Gasteiger partial charge in [0.25, 0.3) is 0 Å². The van der Waals surface area contributed by atoms with Crippen molar-refractivity contribution in [2.75, 3.05) is 12.3 Å². The number of rotatable bonds is 10. The van der Waals surface area contributed by atoms with E-state index < -0.39 is 12.7 Å². The van der Waals surface area contributed by atoms with Crippen molar-refractivity contribution >= 4 is 17.7 Å². The van der Waals surface area contributed by atoms with Crippen LogP contribution in [-0.2, 0) is 11.3 Å². The van der Waals surface area contributed by atoms with E-state index in [1.165, 1.54) is 6.20 Å². The minimum atomic E-state index is -4.37. The molecule has 0 radical (unpaired) electrons. The number of unbranched alkanes of at least 4 members (excludes halogenated alkanes) is 3. The van der Waals surface area contributed by atoms with Crippen molar-refractivity contribution in [1.82, 2.24) is 14.9 Å². The summed E-state index contributed by atoms with van der Waals surface area (Å²) < 4.78 is 40.2. The number of nitrogens with one attached hydrogen (secondary N) is 1. The topological polar surface area (TPSA) is 46.9 Å². The van der Waals surface area contributed by atoms with Crippen LogP contribution in [0.15, 0.2) is 41.7 Å². The van der Waals surface area contributed by atoms with Crippen LogP contribution in [0, 0.1) is 0 Å². The number of nitrogens with zero attached hydrogens (tertiary/aromatic N) is 2. The number of benzene rings is 1. The highest BCUT2D eigenvalue weighted by Gasteiger charge is 2.31. The molecule has 0 bridgehead atoms. The Morgan fingerprint density at radius 3 is 2.59 bits per heavy atom. The Hall–Kier alpha value is -1.96. The maximum Gasteiger partial charge on any atom is 0.406 e. The largest absolute Gasteiger partial charge is 0.406 e. The number of hydrogen-bond donors (Lipinski definition) is 1. The second-order valence-electron chi connectivity index (χ2n) is 6.19. The third kappa shape index (κ3) is 7.28. The predicted octanol–water partition coefficient (Wildman–Crippen LogP) is 4.90. The first-order chi connectivity index (χ1) is 12.9. The lowest BCUT2D eigenvalue weighted by Gasteiger charge is -2.14. The van der Waals surface area contributed by atoms with E-state index in [2.05, 4.69) is 17.2 Å². The molecule has 0 saturated heterocycles. The number of carbonyl (C=O) groups excluding carboxylic acids is 1. The third-order valence-electron chi connectivity index (χ3n) is 3.91. The number of thioether (sulfide) groups is 1. The molecule has 0 spiro atoms. The van der Waals surface area contributed by atoms with Crippen LogP contribution >= 0.6 is 11.8 Å². The Labute approximate surface area is 161 Å². The first-order valence-electron chi connectivity index (χ1n) is 8.98. The van der Waals surface area contributed by atoms with Crippen molar-refractivity contribution in [2.24, 2.45) is 0 Å². The van der Waals surface area contributed by atoms with Gasteiger partial charge in [-0.25, -0.2) is 4.98 Å². The van der Waals surface area contributed by atoms with Crippen LogP contribution in [-0.4, -0.2) is 33.9 Å². The molecule has 1 amide bonds. The van der Waals surface area contributed by atoms with E-state index in [0.29, 0.717) is 17.8 Å². The fraction of sp³-hybridized carbons (Fsp3) is 0.474. The molecule has 1 aromatic heterocycles. The molecule has 0 atom stereocenters. The van der Waals surface area contributed by atoms with Gasteiger partial charge in [0.15, 0.2) is 5.16 Å². The van der Waals surface area contributed by atoms with Crippen molar-refractivity contribution in [1.29, 1.82) is 0 Å². The van der Waals surface area contributed by atoms with E-state index in [0.717, 1.165) is 42.0 Å². The average molecular weight is 399 g/mol. The van der Waals surface area contributed by atoms with E-state index in [-0.39, 0.29) is 16.8 Å². The number of amides is 1. The van der Waals surface area contributed by atoms with E-state index in [1.807, 2.05) is 0 Å². The minimum absolute atomic E-state index is 0.0386. The van der Waals surface area contributed by atoms with Gasteiger partial charge in [0.1, 0.15) is 6.54 Å². The van der Waals surface area contributed by atoms with Crippen LogP contribution < -0.4 is 5.32 Å². The lowest BCUT2D eigenvalue weighted by Crippen LogP contribution is -2.26. The van der Waals surface area contributed by atoms with Crippen molar-refractivity contribution in [2.45, 2.75) is 50.5 Å². The summed E-state index contributed by atoms with van der Waals surface area (Å²) in [4.78, 5) is 16.0. The monoisotopic (exact) mass is 399 g/mol. The number of halogens is 3. The molecule has 2 rings (SSSR count). The second-order valence-corrected chi connectivity index (χ2v) is 7.14. The van der Waals surface area contributed by atoms with Crippen molar-refractivity contribution in [3.63, 3.8) is 0 Å². The van der Waals surface area contributed by atoms with Gasteiger partial charge in [-0.3, -0.25) is 4.79 Å². The maximum absolute atomic E-state index is 13.0. The zero-order chi connectivity index (χ0) is 19.7. The Bertz CT molecular complexity index is 717. The molecule has 27 heavy (non-hydrogen) atoms. The molecule has 0 aliphatic heterocycles. The van der Waals surface area contributed by atoms with Crippen molar-refractivity contribution in [3.05, 3.63) is 36.5 Å². The van der Waals surface area contributed by atoms with E-state index >= 15 is 0 Å². The van der Waals surface area contributed by atoms with Crippen molar-refractivity contribution < 1.29 is 18.0 Å². The molecule has 0 aliphatic carbocycles. The zero-order valence-corrected chi connectivity index (χ0v) is 16.1. The Balaban J connectivity index is 2.01. The van der Waals surface area contributed by atoms with Crippen LogP contribution in [0.3, 0.4) is 0 Å². The molecule has 1 heterocycles. The summed E-state index contributed by atoms with van der Waals surface area (Å²) in [7, 11) is 0. The van der Waals surface area contributed by atoms with E-state index in [4.69, 9.17) is 0 Å². The molecule has 0 unspecified atom stereocenters. The van der Waals surface area contributed by atoms with Gasteiger partial charge < -0.3 is 9.88 Å². The normalized spacial score (nSPS) is 11.6. The number of hydrogen-bond acceptors (Lipinski definition) is 3. The number of aromatic nitrogens is 2. The van der Waals surface area contributed by atoms with Gasteiger partial charge in [-0.05, 0) is 12.0 Å². The number of imidazole rings is 1. The summed E-state index contributed by atoms with van der Waals surface area (Å²) in [5.74, 6) is -0.157. The fourth-order valence-corrected chi connectivity index (χ4v) is 3.41. The lowest BCUT2D eigenvalue weighted by molar-refractivity contribution is -0.141.